The number of likely N-dealkylation sites (tertiary alicyclic amines) is 1. The number of hydrogen-bond acceptors (Lipinski definition) is 6. The summed E-state index contributed by atoms with van der Waals surface area (Å²) >= 11 is 7.64. The van der Waals surface area contributed by atoms with Gasteiger partial charge in [-0.1, -0.05) is 11.6 Å². The number of nitrogens with zero attached hydrogens (tertiary/aromatic N) is 6. The lowest BCUT2D eigenvalue weighted by molar-refractivity contribution is 0.0934. The first-order chi connectivity index (χ1) is 17.8. The molecule has 3 heterocycles. The Labute approximate surface area is 228 Å². The highest BCUT2D eigenvalue weighted by atomic mass is 35.5. The van der Waals surface area contributed by atoms with E-state index in [1.54, 1.807) is 31.4 Å². The molecule has 1 fully saturated rings. The second-order valence-corrected chi connectivity index (χ2v) is 10.6. The second-order valence-electron chi connectivity index (χ2n) is 9.39. The number of rotatable bonds is 9. The number of aliphatic imine (C=N–C) groups is 1. The van der Waals surface area contributed by atoms with Gasteiger partial charge in [0, 0.05) is 45.3 Å². The van der Waals surface area contributed by atoms with Crippen LogP contribution in [-0.2, 0) is 6.54 Å². The molecule has 0 aliphatic carbocycles. The monoisotopic (exact) mass is 539 g/mol. The number of piperidine rings is 1. The molecule has 0 aromatic carbocycles. The summed E-state index contributed by atoms with van der Waals surface area (Å²) in [6.45, 7) is 16.4. The molecule has 2 atom stereocenters. The Morgan fingerprint density at radius 2 is 2.19 bits per heavy atom. The van der Waals surface area contributed by atoms with Gasteiger partial charge in [0.15, 0.2) is 11.9 Å². The van der Waals surface area contributed by atoms with Crippen molar-refractivity contribution in [1.29, 1.82) is 5.26 Å². The molecule has 8 nitrogen and oxygen atoms in total. The summed E-state index contributed by atoms with van der Waals surface area (Å²) in [7, 11) is 1.67. The first-order valence-electron chi connectivity index (χ1n) is 12.5. The van der Waals surface area contributed by atoms with E-state index in [1.807, 2.05) is 12.3 Å². The van der Waals surface area contributed by atoms with Crippen LogP contribution in [-0.4, -0.2) is 71.3 Å². The van der Waals surface area contributed by atoms with Crippen LogP contribution >= 0.6 is 22.9 Å². The number of amidine groups is 1. The van der Waals surface area contributed by atoms with Crippen molar-refractivity contribution in [1.82, 2.24) is 20.1 Å². The summed E-state index contributed by atoms with van der Waals surface area (Å²) in [6, 6.07) is 5.52. The molecule has 3 rings (SSSR count). The molecule has 0 spiro atoms. The maximum atomic E-state index is 12.7. The van der Waals surface area contributed by atoms with E-state index in [0.29, 0.717) is 41.4 Å². The van der Waals surface area contributed by atoms with Gasteiger partial charge in [-0.05, 0) is 74.1 Å². The van der Waals surface area contributed by atoms with Crippen LogP contribution in [0.5, 0.6) is 0 Å². The van der Waals surface area contributed by atoms with Crippen molar-refractivity contribution in [2.24, 2.45) is 4.99 Å². The van der Waals surface area contributed by atoms with Crippen LogP contribution in [0.15, 0.2) is 27.9 Å². The molecule has 2 aromatic rings. The number of carbonyl (C=O) groups excluding carboxylic acids is 1. The van der Waals surface area contributed by atoms with E-state index in [9.17, 15) is 10.1 Å². The van der Waals surface area contributed by atoms with Crippen LogP contribution in [0, 0.1) is 31.8 Å². The fraction of sp³-hybridized carbons (Fsp3) is 0.519. The van der Waals surface area contributed by atoms with Crippen LogP contribution in [0.1, 0.15) is 53.4 Å². The number of aromatic nitrogens is 1. The summed E-state index contributed by atoms with van der Waals surface area (Å²) < 4.78 is 0. The van der Waals surface area contributed by atoms with Crippen molar-refractivity contribution in [2.45, 2.75) is 64.7 Å². The Bertz CT molecular complexity index is 1140. The van der Waals surface area contributed by atoms with Crippen molar-refractivity contribution in [3.8, 4) is 6.07 Å². The average molecular weight is 540 g/mol. The Hall–Kier alpha value is -2.98. The van der Waals surface area contributed by atoms with Crippen molar-refractivity contribution < 1.29 is 4.79 Å². The molecule has 0 saturated carbocycles. The van der Waals surface area contributed by atoms with Crippen molar-refractivity contribution in [2.75, 3.05) is 26.7 Å². The van der Waals surface area contributed by atoms with Gasteiger partial charge >= 0.3 is 6.04 Å². The van der Waals surface area contributed by atoms with Crippen LogP contribution < -0.4 is 5.32 Å². The van der Waals surface area contributed by atoms with Gasteiger partial charge in [0.1, 0.15) is 5.15 Å². The van der Waals surface area contributed by atoms with E-state index in [0.717, 1.165) is 37.9 Å². The summed E-state index contributed by atoms with van der Waals surface area (Å²) in [5.74, 6) is 0.438. The topological polar surface area (TPSA) is 89.0 Å². The summed E-state index contributed by atoms with van der Waals surface area (Å²) in [4.78, 5) is 29.5. The van der Waals surface area contributed by atoms with E-state index in [2.05, 4.69) is 54.4 Å². The molecule has 0 radical (unpaired) electrons. The molecule has 2 aromatic heterocycles. The quantitative estimate of drug-likeness (QED) is 0.215. The molecule has 1 unspecified atom stereocenters. The Balaban J connectivity index is 1.56. The predicted molar refractivity (Wildman–Crippen MR) is 149 cm³/mol. The van der Waals surface area contributed by atoms with Gasteiger partial charge in [0.2, 0.25) is 0 Å². The predicted octanol–water partition coefficient (Wildman–Crippen LogP) is 4.73. The van der Waals surface area contributed by atoms with Crippen LogP contribution in [0.4, 0.5) is 0 Å². The van der Waals surface area contributed by atoms with Gasteiger partial charge in [-0.25, -0.2) is 11.6 Å². The SMILES string of the molecule is [C-]#[N+]C(C#N)C(=NC)N(Cc1ccsc1)C1CCN([C@H](C)CCNC(=O)c2c(C)cc(Cl)nc2C)CC1. The minimum atomic E-state index is -0.896. The highest BCUT2D eigenvalue weighted by Gasteiger charge is 2.34. The zero-order valence-electron chi connectivity index (χ0n) is 21.9. The highest BCUT2D eigenvalue weighted by molar-refractivity contribution is 7.07. The summed E-state index contributed by atoms with van der Waals surface area (Å²) in [5.41, 5.74) is 3.22. The van der Waals surface area contributed by atoms with Gasteiger partial charge in [-0.2, -0.15) is 16.6 Å². The molecule has 37 heavy (non-hydrogen) atoms. The molecule has 1 aliphatic rings. The molecule has 1 aliphatic heterocycles. The number of nitrogens with one attached hydrogen (secondary N) is 1. The van der Waals surface area contributed by atoms with E-state index < -0.39 is 6.04 Å². The third kappa shape index (κ3) is 7.29. The molecule has 196 valence electrons. The normalized spacial score (nSPS) is 16.5. The number of halogens is 1. The fourth-order valence-corrected chi connectivity index (χ4v) is 5.91. The van der Waals surface area contributed by atoms with Crippen molar-refractivity contribution in [3.63, 3.8) is 0 Å². The second kappa shape index (κ2) is 13.5. The third-order valence-corrected chi connectivity index (χ3v) is 7.88. The van der Waals surface area contributed by atoms with Gasteiger partial charge in [0.05, 0.1) is 11.3 Å². The number of hydrogen-bond donors (Lipinski definition) is 1. The number of nitriles is 1. The van der Waals surface area contributed by atoms with Crippen molar-refractivity contribution >= 4 is 34.7 Å². The van der Waals surface area contributed by atoms with Crippen LogP contribution in [0.25, 0.3) is 4.85 Å². The molecule has 10 heteroatoms. The molecular formula is C27H34ClN7OS. The standard InChI is InChI=1S/C27H34ClN7OS/c1-18-14-24(28)33-20(3)25(18)27(36)32-10-6-19(2)34-11-7-22(8-12-34)35(16-21-9-13-37-17-21)26(31-5)23(15-29)30-4/h9,13-14,17,19,22-23H,6-8,10-12,16H2,1-3,5H3,(H,32,36)/t19-,23?/m1/s1. The largest absolute Gasteiger partial charge is 0.363 e. The maximum absolute atomic E-state index is 12.7. The lowest BCUT2D eigenvalue weighted by Crippen LogP contribution is -2.51. The first-order valence-corrected chi connectivity index (χ1v) is 13.8. The summed E-state index contributed by atoms with van der Waals surface area (Å²) in [6.07, 6.45) is 2.68. The molecular weight excluding hydrogens is 506 g/mol. The smallest absolute Gasteiger partial charge is 0.352 e. The number of pyridine rings is 1. The van der Waals surface area contributed by atoms with Crippen LogP contribution in [0.3, 0.4) is 0 Å². The number of carbonyl (C=O) groups is 1. The van der Waals surface area contributed by atoms with Gasteiger partial charge in [-0.3, -0.25) is 14.6 Å². The number of amides is 1. The number of thiophene rings is 1. The number of aryl methyl sites for hydroxylation is 2. The minimum Gasteiger partial charge on any atom is -0.352 e. The summed E-state index contributed by atoms with van der Waals surface area (Å²) in [5, 5.41) is 17.1. The molecule has 1 N–H and O–H groups in total. The minimum absolute atomic E-state index is 0.118. The highest BCUT2D eigenvalue weighted by Crippen LogP contribution is 2.24. The maximum Gasteiger partial charge on any atom is 0.363 e. The van der Waals surface area contributed by atoms with E-state index in [4.69, 9.17) is 18.2 Å². The van der Waals surface area contributed by atoms with E-state index in [-0.39, 0.29) is 11.9 Å². The van der Waals surface area contributed by atoms with E-state index in [1.165, 1.54) is 5.56 Å². The zero-order chi connectivity index (χ0) is 26.9. The molecule has 1 amide bonds. The van der Waals surface area contributed by atoms with Crippen molar-refractivity contribution in [3.05, 3.63) is 61.8 Å². The Morgan fingerprint density at radius 1 is 1.46 bits per heavy atom. The van der Waals surface area contributed by atoms with Gasteiger partial charge in [-0.15, -0.1) is 0 Å². The Kier molecular flexibility index (Phi) is 10.5. The fourth-order valence-electron chi connectivity index (χ4n) is 4.96. The van der Waals surface area contributed by atoms with Crippen LogP contribution in [0.2, 0.25) is 5.15 Å². The first kappa shape index (κ1) is 28.6. The lowest BCUT2D eigenvalue weighted by Gasteiger charge is -2.41. The average Bonchev–Trinajstić information content (AvgIpc) is 3.39. The molecule has 0 bridgehead atoms. The lowest BCUT2D eigenvalue weighted by atomic mass is 9.99. The Morgan fingerprint density at radius 3 is 2.76 bits per heavy atom. The van der Waals surface area contributed by atoms with Gasteiger partial charge in [0.25, 0.3) is 5.91 Å². The zero-order valence-corrected chi connectivity index (χ0v) is 23.4. The van der Waals surface area contributed by atoms with E-state index >= 15 is 0 Å². The van der Waals surface area contributed by atoms with Gasteiger partial charge < -0.3 is 15.1 Å². The third-order valence-electron chi connectivity index (χ3n) is 6.96. The molecule has 1 saturated heterocycles.